The molecule has 0 radical (unpaired) electrons. The minimum Gasteiger partial charge on any atom is -0.366 e. The van der Waals surface area contributed by atoms with Crippen molar-refractivity contribution in [3.8, 4) is 0 Å². The lowest BCUT2D eigenvalue weighted by atomic mass is 9.93. The van der Waals surface area contributed by atoms with Crippen LogP contribution in [-0.2, 0) is 0 Å². The van der Waals surface area contributed by atoms with Gasteiger partial charge in [0.05, 0.1) is 0 Å². The van der Waals surface area contributed by atoms with Crippen LogP contribution in [0.3, 0.4) is 0 Å². The first-order chi connectivity index (χ1) is 7.29. The van der Waals surface area contributed by atoms with Gasteiger partial charge in [-0.05, 0) is 31.0 Å². The van der Waals surface area contributed by atoms with Crippen LogP contribution in [0.2, 0.25) is 0 Å². The van der Waals surface area contributed by atoms with E-state index in [0.29, 0.717) is 11.6 Å². The molecule has 1 aliphatic rings. The molecule has 0 unspecified atom stereocenters. The molecule has 1 amide bonds. The highest BCUT2D eigenvalue weighted by Gasteiger charge is 2.18. The van der Waals surface area contributed by atoms with Gasteiger partial charge in [-0.1, -0.05) is 24.6 Å². The Hall–Kier alpha value is -1.06. The van der Waals surface area contributed by atoms with Crippen molar-refractivity contribution in [3.05, 3.63) is 35.4 Å². The molecule has 1 atom stereocenters. The first-order valence-corrected chi connectivity index (χ1v) is 5.41. The van der Waals surface area contributed by atoms with Crippen LogP contribution >= 0.6 is 12.4 Å². The van der Waals surface area contributed by atoms with E-state index in [1.54, 1.807) is 6.07 Å². The fraction of sp³-hybridized carbons (Fsp3) is 0.417. The highest BCUT2D eigenvalue weighted by atomic mass is 35.5. The van der Waals surface area contributed by atoms with E-state index in [1.165, 1.54) is 12.8 Å². The van der Waals surface area contributed by atoms with Crippen LogP contribution in [0.25, 0.3) is 0 Å². The number of benzene rings is 1. The number of hydrogen-bond donors (Lipinski definition) is 2. The number of carbonyl (C=O) groups excluding carboxylic acids is 1. The molecule has 1 fully saturated rings. The quantitative estimate of drug-likeness (QED) is 0.831. The second-order valence-electron chi connectivity index (χ2n) is 3.95. The van der Waals surface area contributed by atoms with Crippen LogP contribution in [0.5, 0.6) is 0 Å². The third-order valence-electron chi connectivity index (χ3n) is 2.91. The third-order valence-corrected chi connectivity index (χ3v) is 2.91. The van der Waals surface area contributed by atoms with Crippen LogP contribution in [-0.4, -0.2) is 12.5 Å². The monoisotopic (exact) mass is 240 g/mol. The van der Waals surface area contributed by atoms with E-state index < -0.39 is 0 Å². The number of primary amides is 1. The molecule has 3 N–H and O–H groups in total. The summed E-state index contributed by atoms with van der Waals surface area (Å²) in [7, 11) is 0. The third kappa shape index (κ3) is 2.74. The highest BCUT2D eigenvalue weighted by molar-refractivity contribution is 5.94. The Morgan fingerprint density at radius 2 is 2.06 bits per heavy atom. The molecular formula is C12H17ClN2O. The second kappa shape index (κ2) is 5.87. The maximum atomic E-state index is 11.3. The van der Waals surface area contributed by atoms with E-state index in [1.807, 2.05) is 18.2 Å². The van der Waals surface area contributed by atoms with Crippen LogP contribution in [0.1, 0.15) is 41.2 Å². The summed E-state index contributed by atoms with van der Waals surface area (Å²) in [5.41, 5.74) is 7.05. The Labute approximate surface area is 102 Å². The van der Waals surface area contributed by atoms with Gasteiger partial charge in [0.25, 0.3) is 0 Å². The highest BCUT2D eigenvalue weighted by Crippen LogP contribution is 2.25. The summed E-state index contributed by atoms with van der Waals surface area (Å²) in [6.45, 7) is 1.03. The molecule has 1 aromatic carbocycles. The summed E-state index contributed by atoms with van der Waals surface area (Å²) in [6, 6.07) is 7.89. The van der Waals surface area contributed by atoms with Crippen molar-refractivity contribution < 1.29 is 4.79 Å². The van der Waals surface area contributed by atoms with Crippen molar-refractivity contribution in [2.75, 3.05) is 6.54 Å². The van der Waals surface area contributed by atoms with Crippen LogP contribution in [0, 0.1) is 0 Å². The molecule has 4 heteroatoms. The number of halogens is 1. The maximum absolute atomic E-state index is 11.3. The smallest absolute Gasteiger partial charge is 0.249 e. The van der Waals surface area contributed by atoms with Gasteiger partial charge < -0.3 is 11.1 Å². The zero-order chi connectivity index (χ0) is 10.7. The fourth-order valence-corrected chi connectivity index (χ4v) is 2.14. The van der Waals surface area contributed by atoms with Crippen molar-refractivity contribution in [3.63, 3.8) is 0 Å². The van der Waals surface area contributed by atoms with Crippen molar-refractivity contribution in [1.29, 1.82) is 0 Å². The minimum atomic E-state index is -0.335. The van der Waals surface area contributed by atoms with Gasteiger partial charge in [0, 0.05) is 11.6 Å². The maximum Gasteiger partial charge on any atom is 0.249 e. The summed E-state index contributed by atoms with van der Waals surface area (Å²) >= 11 is 0. The molecule has 0 bridgehead atoms. The standard InChI is InChI=1S/C12H16N2O.ClH/c13-12(15)10-6-2-1-5-9(10)11-7-3-4-8-14-11;/h1-2,5-6,11,14H,3-4,7-8H2,(H2,13,15);1H/t11-;/m0./s1. The van der Waals surface area contributed by atoms with Gasteiger partial charge in [0.15, 0.2) is 0 Å². The summed E-state index contributed by atoms with van der Waals surface area (Å²) in [5, 5.41) is 3.42. The Morgan fingerprint density at radius 1 is 1.31 bits per heavy atom. The number of amides is 1. The van der Waals surface area contributed by atoms with Gasteiger partial charge in [-0.15, -0.1) is 12.4 Å². The molecule has 1 aliphatic heterocycles. The SMILES string of the molecule is Cl.NC(=O)c1ccccc1[C@@H]1CCCCN1. The lowest BCUT2D eigenvalue weighted by Crippen LogP contribution is -2.29. The first kappa shape index (κ1) is 13.0. The molecule has 1 aromatic rings. The van der Waals surface area contributed by atoms with Crippen molar-refractivity contribution in [2.24, 2.45) is 5.73 Å². The van der Waals surface area contributed by atoms with E-state index in [9.17, 15) is 4.79 Å². The molecule has 1 saturated heterocycles. The predicted molar refractivity (Wildman–Crippen MR) is 66.8 cm³/mol. The lowest BCUT2D eigenvalue weighted by molar-refractivity contribution is 0.0998. The number of hydrogen-bond acceptors (Lipinski definition) is 2. The molecule has 0 saturated carbocycles. The van der Waals surface area contributed by atoms with Gasteiger partial charge in [0.1, 0.15) is 0 Å². The largest absolute Gasteiger partial charge is 0.366 e. The molecule has 0 aliphatic carbocycles. The van der Waals surface area contributed by atoms with Crippen LogP contribution in [0.4, 0.5) is 0 Å². The Balaban J connectivity index is 0.00000128. The molecule has 0 aromatic heterocycles. The summed E-state index contributed by atoms with van der Waals surface area (Å²) in [4.78, 5) is 11.3. The van der Waals surface area contributed by atoms with Gasteiger partial charge in [-0.3, -0.25) is 4.79 Å². The summed E-state index contributed by atoms with van der Waals surface area (Å²) < 4.78 is 0. The van der Waals surface area contributed by atoms with Gasteiger partial charge in [0.2, 0.25) is 5.91 Å². The molecule has 2 rings (SSSR count). The van der Waals surface area contributed by atoms with Crippen LogP contribution in [0.15, 0.2) is 24.3 Å². The van der Waals surface area contributed by atoms with E-state index in [-0.39, 0.29) is 18.3 Å². The number of piperidine rings is 1. The van der Waals surface area contributed by atoms with Crippen LogP contribution < -0.4 is 11.1 Å². The van der Waals surface area contributed by atoms with Gasteiger partial charge in [-0.2, -0.15) is 0 Å². The molecule has 0 spiro atoms. The number of nitrogens with two attached hydrogens (primary N) is 1. The van der Waals surface area contributed by atoms with E-state index in [2.05, 4.69) is 5.32 Å². The molecular weight excluding hydrogens is 224 g/mol. The summed E-state index contributed by atoms with van der Waals surface area (Å²) in [5.74, 6) is -0.335. The summed E-state index contributed by atoms with van der Waals surface area (Å²) in [6.07, 6.45) is 3.52. The average molecular weight is 241 g/mol. The van der Waals surface area contributed by atoms with Gasteiger partial charge >= 0.3 is 0 Å². The van der Waals surface area contributed by atoms with Crippen molar-refractivity contribution in [1.82, 2.24) is 5.32 Å². The zero-order valence-electron chi connectivity index (χ0n) is 9.11. The fourth-order valence-electron chi connectivity index (χ4n) is 2.14. The Bertz CT molecular complexity index is 362. The minimum absolute atomic E-state index is 0. The first-order valence-electron chi connectivity index (χ1n) is 5.41. The van der Waals surface area contributed by atoms with Crippen molar-refractivity contribution in [2.45, 2.75) is 25.3 Å². The van der Waals surface area contributed by atoms with Crippen molar-refractivity contribution >= 4 is 18.3 Å². The predicted octanol–water partition coefficient (Wildman–Crippen LogP) is 2.02. The normalized spacial score (nSPS) is 19.9. The van der Waals surface area contributed by atoms with E-state index >= 15 is 0 Å². The second-order valence-corrected chi connectivity index (χ2v) is 3.95. The average Bonchev–Trinajstić information content (AvgIpc) is 2.30. The van der Waals surface area contributed by atoms with E-state index in [0.717, 1.165) is 18.5 Å². The molecule has 1 heterocycles. The molecule has 16 heavy (non-hydrogen) atoms. The Kier molecular flexibility index (Phi) is 4.77. The van der Waals surface area contributed by atoms with Gasteiger partial charge in [-0.25, -0.2) is 0 Å². The zero-order valence-corrected chi connectivity index (χ0v) is 9.93. The Morgan fingerprint density at radius 3 is 2.69 bits per heavy atom. The topological polar surface area (TPSA) is 55.1 Å². The number of carbonyl (C=O) groups is 1. The number of rotatable bonds is 2. The molecule has 3 nitrogen and oxygen atoms in total. The lowest BCUT2D eigenvalue weighted by Gasteiger charge is -2.25. The molecule has 88 valence electrons. The van der Waals surface area contributed by atoms with E-state index in [4.69, 9.17) is 5.73 Å². The number of nitrogens with one attached hydrogen (secondary N) is 1.